The van der Waals surface area contributed by atoms with Gasteiger partial charge in [0.1, 0.15) is 5.82 Å². The Hall–Kier alpha value is -1.95. The van der Waals surface area contributed by atoms with E-state index in [0.29, 0.717) is 12.1 Å². The molecule has 2 aromatic rings. The summed E-state index contributed by atoms with van der Waals surface area (Å²) in [5, 5.41) is 2.98. The van der Waals surface area contributed by atoms with Gasteiger partial charge >= 0.3 is 6.18 Å². The second-order valence-electron chi connectivity index (χ2n) is 4.50. The molecule has 0 fully saturated rings. The SMILES string of the molecule is CCNC(c1ccc(F)cc1)c1cnccc1C(F)(F)F. The molecule has 1 N–H and O–H groups in total. The predicted molar refractivity (Wildman–Crippen MR) is 71.2 cm³/mol. The number of nitrogens with zero attached hydrogens (tertiary/aromatic N) is 1. The molecule has 1 aromatic heterocycles. The number of alkyl halides is 3. The molecular weight excluding hydrogens is 284 g/mol. The molecule has 112 valence electrons. The fourth-order valence-electron chi connectivity index (χ4n) is 2.16. The Morgan fingerprint density at radius 3 is 2.38 bits per heavy atom. The average Bonchev–Trinajstić information content (AvgIpc) is 2.45. The molecule has 0 radical (unpaired) electrons. The van der Waals surface area contributed by atoms with Gasteiger partial charge < -0.3 is 5.32 Å². The average molecular weight is 298 g/mol. The van der Waals surface area contributed by atoms with Crippen molar-refractivity contribution in [2.24, 2.45) is 0 Å². The van der Waals surface area contributed by atoms with Crippen LogP contribution in [0.4, 0.5) is 17.6 Å². The highest BCUT2D eigenvalue weighted by Crippen LogP contribution is 2.36. The van der Waals surface area contributed by atoms with Crippen molar-refractivity contribution in [1.29, 1.82) is 0 Å². The molecule has 0 aliphatic rings. The van der Waals surface area contributed by atoms with E-state index < -0.39 is 23.6 Å². The zero-order chi connectivity index (χ0) is 15.5. The molecule has 0 saturated heterocycles. The van der Waals surface area contributed by atoms with Crippen molar-refractivity contribution < 1.29 is 17.6 Å². The molecule has 1 atom stereocenters. The number of rotatable bonds is 4. The van der Waals surface area contributed by atoms with Gasteiger partial charge in [-0.1, -0.05) is 19.1 Å². The smallest absolute Gasteiger partial charge is 0.306 e. The normalized spacial score (nSPS) is 13.2. The summed E-state index contributed by atoms with van der Waals surface area (Å²) in [6.07, 6.45) is -2.16. The highest BCUT2D eigenvalue weighted by atomic mass is 19.4. The van der Waals surface area contributed by atoms with E-state index in [9.17, 15) is 17.6 Å². The topological polar surface area (TPSA) is 24.9 Å². The van der Waals surface area contributed by atoms with E-state index in [0.717, 1.165) is 12.3 Å². The van der Waals surface area contributed by atoms with Crippen LogP contribution in [0.25, 0.3) is 0 Å². The minimum Gasteiger partial charge on any atom is -0.306 e. The van der Waals surface area contributed by atoms with Crippen molar-refractivity contribution in [3.63, 3.8) is 0 Å². The highest BCUT2D eigenvalue weighted by Gasteiger charge is 2.35. The number of pyridine rings is 1. The van der Waals surface area contributed by atoms with Gasteiger partial charge in [-0.25, -0.2) is 4.39 Å². The molecule has 21 heavy (non-hydrogen) atoms. The number of hydrogen-bond acceptors (Lipinski definition) is 2. The van der Waals surface area contributed by atoms with Gasteiger partial charge in [-0.05, 0) is 30.3 Å². The summed E-state index contributed by atoms with van der Waals surface area (Å²) >= 11 is 0. The number of halogens is 4. The van der Waals surface area contributed by atoms with E-state index in [4.69, 9.17) is 0 Å². The summed E-state index contributed by atoms with van der Waals surface area (Å²) in [6.45, 7) is 2.26. The summed E-state index contributed by atoms with van der Waals surface area (Å²) < 4.78 is 52.3. The molecule has 2 rings (SSSR count). The monoisotopic (exact) mass is 298 g/mol. The van der Waals surface area contributed by atoms with Crippen LogP contribution in [-0.4, -0.2) is 11.5 Å². The molecule has 0 saturated carbocycles. The maximum atomic E-state index is 13.1. The van der Waals surface area contributed by atoms with E-state index in [1.54, 1.807) is 6.92 Å². The first kappa shape index (κ1) is 15.4. The van der Waals surface area contributed by atoms with Crippen molar-refractivity contribution in [2.45, 2.75) is 19.1 Å². The van der Waals surface area contributed by atoms with Gasteiger partial charge in [0.15, 0.2) is 0 Å². The third-order valence-electron chi connectivity index (χ3n) is 3.08. The minimum atomic E-state index is -4.47. The van der Waals surface area contributed by atoms with Crippen LogP contribution in [0, 0.1) is 5.82 Å². The van der Waals surface area contributed by atoms with E-state index in [-0.39, 0.29) is 5.56 Å². The Balaban J connectivity index is 2.51. The third-order valence-corrected chi connectivity index (χ3v) is 3.08. The van der Waals surface area contributed by atoms with Crippen molar-refractivity contribution in [1.82, 2.24) is 10.3 Å². The number of aromatic nitrogens is 1. The maximum absolute atomic E-state index is 13.1. The minimum absolute atomic E-state index is 0.0264. The van der Waals surface area contributed by atoms with Crippen LogP contribution in [0.15, 0.2) is 42.7 Å². The van der Waals surface area contributed by atoms with Crippen LogP contribution < -0.4 is 5.32 Å². The lowest BCUT2D eigenvalue weighted by molar-refractivity contribution is -0.138. The van der Waals surface area contributed by atoms with E-state index in [1.165, 1.54) is 30.5 Å². The molecule has 0 aliphatic carbocycles. The number of benzene rings is 1. The van der Waals surface area contributed by atoms with E-state index >= 15 is 0 Å². The second kappa shape index (κ2) is 6.22. The first-order valence-electron chi connectivity index (χ1n) is 6.43. The lowest BCUT2D eigenvalue weighted by atomic mass is 9.95. The van der Waals surface area contributed by atoms with Crippen LogP contribution in [-0.2, 0) is 6.18 Å². The summed E-state index contributed by atoms with van der Waals surface area (Å²) in [4.78, 5) is 3.79. The van der Waals surface area contributed by atoms with Crippen LogP contribution in [0.1, 0.15) is 29.7 Å². The zero-order valence-electron chi connectivity index (χ0n) is 11.3. The molecule has 1 heterocycles. The van der Waals surface area contributed by atoms with E-state index in [1.807, 2.05) is 0 Å². The van der Waals surface area contributed by atoms with Crippen LogP contribution in [0.5, 0.6) is 0 Å². The van der Waals surface area contributed by atoms with E-state index in [2.05, 4.69) is 10.3 Å². The summed E-state index contributed by atoms with van der Waals surface area (Å²) in [5.74, 6) is -0.434. The summed E-state index contributed by atoms with van der Waals surface area (Å²) in [7, 11) is 0. The fraction of sp³-hybridized carbons (Fsp3) is 0.267. The predicted octanol–water partition coefficient (Wildman–Crippen LogP) is 3.94. The lowest BCUT2D eigenvalue weighted by Crippen LogP contribution is -2.25. The Bertz CT molecular complexity index is 593. The Morgan fingerprint density at radius 2 is 1.81 bits per heavy atom. The Kier molecular flexibility index (Phi) is 4.57. The summed E-state index contributed by atoms with van der Waals surface area (Å²) in [6, 6.07) is 5.64. The van der Waals surface area contributed by atoms with Crippen molar-refractivity contribution in [3.05, 3.63) is 65.2 Å². The van der Waals surface area contributed by atoms with Gasteiger partial charge in [0, 0.05) is 18.0 Å². The highest BCUT2D eigenvalue weighted by molar-refractivity contribution is 5.37. The van der Waals surface area contributed by atoms with Gasteiger partial charge in [-0.15, -0.1) is 0 Å². The van der Waals surface area contributed by atoms with Crippen molar-refractivity contribution in [3.8, 4) is 0 Å². The molecule has 0 spiro atoms. The van der Waals surface area contributed by atoms with Gasteiger partial charge in [-0.3, -0.25) is 4.98 Å². The first-order valence-corrected chi connectivity index (χ1v) is 6.43. The van der Waals surface area contributed by atoms with Gasteiger partial charge in [0.05, 0.1) is 11.6 Å². The lowest BCUT2D eigenvalue weighted by Gasteiger charge is -2.22. The van der Waals surface area contributed by atoms with Crippen molar-refractivity contribution in [2.75, 3.05) is 6.54 Å². The fourth-order valence-corrected chi connectivity index (χ4v) is 2.16. The molecule has 1 aromatic carbocycles. The molecule has 2 nitrogen and oxygen atoms in total. The van der Waals surface area contributed by atoms with Crippen LogP contribution in [0.3, 0.4) is 0 Å². The molecular formula is C15H14F4N2. The Labute approximate surface area is 119 Å². The molecule has 6 heteroatoms. The first-order chi connectivity index (χ1) is 9.93. The number of hydrogen-bond donors (Lipinski definition) is 1. The third kappa shape index (κ3) is 3.58. The largest absolute Gasteiger partial charge is 0.416 e. The summed E-state index contributed by atoms with van der Waals surface area (Å²) in [5.41, 5.74) is -0.164. The van der Waals surface area contributed by atoms with Crippen LogP contribution >= 0.6 is 0 Å². The number of nitrogens with one attached hydrogen (secondary N) is 1. The van der Waals surface area contributed by atoms with Gasteiger partial charge in [-0.2, -0.15) is 13.2 Å². The molecule has 0 amide bonds. The molecule has 0 aliphatic heterocycles. The van der Waals surface area contributed by atoms with Crippen molar-refractivity contribution >= 4 is 0 Å². The van der Waals surface area contributed by atoms with Gasteiger partial charge in [0.25, 0.3) is 0 Å². The van der Waals surface area contributed by atoms with Crippen LogP contribution in [0.2, 0.25) is 0 Å². The van der Waals surface area contributed by atoms with Gasteiger partial charge in [0.2, 0.25) is 0 Å². The second-order valence-corrected chi connectivity index (χ2v) is 4.50. The molecule has 0 bridgehead atoms. The molecule has 1 unspecified atom stereocenters. The maximum Gasteiger partial charge on any atom is 0.416 e. The Morgan fingerprint density at radius 1 is 1.14 bits per heavy atom. The quantitative estimate of drug-likeness (QED) is 0.865. The standard InChI is InChI=1S/C15H14F4N2/c1-2-21-14(10-3-5-11(16)6-4-10)12-9-20-8-7-13(12)15(17,18)19/h3-9,14,21H,2H2,1H3. The zero-order valence-corrected chi connectivity index (χ0v) is 11.3.